The third-order valence-electron chi connectivity index (χ3n) is 2.43. The Hall–Kier alpha value is -0.810. The lowest BCUT2D eigenvalue weighted by Crippen LogP contribution is -1.96. The molecule has 0 fully saturated rings. The quantitative estimate of drug-likeness (QED) is 0.768. The minimum atomic E-state index is 0.732. The molecule has 0 aliphatic carbocycles. The van der Waals surface area contributed by atoms with E-state index in [4.69, 9.17) is 4.74 Å². The summed E-state index contributed by atoms with van der Waals surface area (Å²) in [7, 11) is 1.88. The Labute approximate surface area is 117 Å². The maximum atomic E-state index is 5.87. The van der Waals surface area contributed by atoms with Gasteiger partial charge in [-0.3, -0.25) is 0 Å². The van der Waals surface area contributed by atoms with Crippen molar-refractivity contribution < 1.29 is 4.74 Å². The lowest BCUT2D eigenvalue weighted by molar-refractivity contribution is 0.427. The normalized spacial score (nSPS) is 10.6. The van der Waals surface area contributed by atoms with Crippen molar-refractivity contribution in [1.29, 1.82) is 0 Å². The van der Waals surface area contributed by atoms with Crippen molar-refractivity contribution in [2.75, 3.05) is 0 Å². The van der Waals surface area contributed by atoms with E-state index in [2.05, 4.69) is 37.0 Å². The van der Waals surface area contributed by atoms with E-state index in [1.807, 2.05) is 38.2 Å². The van der Waals surface area contributed by atoms with Crippen LogP contribution in [-0.2, 0) is 12.4 Å². The smallest absolute Gasteiger partial charge is 0.221 e. The molecule has 2 aromatic rings. The molecule has 2 rings (SSSR count). The molecule has 90 valence electrons. The molecule has 1 aromatic carbocycles. The Kier molecular flexibility index (Phi) is 3.89. The fraction of sp³-hybridized carbons (Fsp3) is 0.250. The second-order valence-corrected chi connectivity index (χ2v) is 5.16. The van der Waals surface area contributed by atoms with Gasteiger partial charge in [0.2, 0.25) is 5.88 Å². The summed E-state index contributed by atoms with van der Waals surface area (Å²) in [6.07, 6.45) is 0. The molecule has 0 spiro atoms. The van der Waals surface area contributed by atoms with Gasteiger partial charge in [-0.25, -0.2) is 4.68 Å². The Morgan fingerprint density at radius 3 is 2.82 bits per heavy atom. The van der Waals surface area contributed by atoms with Gasteiger partial charge in [-0.15, -0.1) is 0 Å². The van der Waals surface area contributed by atoms with Crippen LogP contribution in [0.3, 0.4) is 0 Å². The summed E-state index contributed by atoms with van der Waals surface area (Å²) in [4.78, 5) is 0. The second kappa shape index (κ2) is 5.23. The molecule has 1 aromatic heterocycles. The van der Waals surface area contributed by atoms with Gasteiger partial charge in [0.1, 0.15) is 5.75 Å². The summed E-state index contributed by atoms with van der Waals surface area (Å²) in [6.45, 7) is 1.98. The van der Waals surface area contributed by atoms with Crippen molar-refractivity contribution in [2.24, 2.45) is 7.05 Å². The third-order valence-corrected chi connectivity index (χ3v) is 3.49. The van der Waals surface area contributed by atoms with E-state index in [0.717, 1.165) is 32.7 Å². The molecule has 0 bridgehead atoms. The van der Waals surface area contributed by atoms with Gasteiger partial charge < -0.3 is 4.74 Å². The first kappa shape index (κ1) is 12.6. The molecule has 0 unspecified atom stereocenters. The highest BCUT2D eigenvalue weighted by atomic mass is 79.9. The van der Waals surface area contributed by atoms with E-state index < -0.39 is 0 Å². The number of rotatable bonds is 3. The van der Waals surface area contributed by atoms with Gasteiger partial charge in [-0.05, 0) is 25.1 Å². The SMILES string of the molecule is Cc1nn(C)c(Oc2cccc(Br)c2)c1CBr. The molecule has 0 saturated heterocycles. The maximum Gasteiger partial charge on any atom is 0.221 e. The summed E-state index contributed by atoms with van der Waals surface area (Å²) < 4.78 is 8.62. The minimum Gasteiger partial charge on any atom is -0.439 e. The molecular formula is C12H12Br2N2O. The van der Waals surface area contributed by atoms with Gasteiger partial charge in [0.05, 0.1) is 5.69 Å². The Bertz CT molecular complexity index is 537. The molecule has 3 nitrogen and oxygen atoms in total. The molecule has 0 N–H and O–H groups in total. The van der Waals surface area contributed by atoms with E-state index in [1.54, 1.807) is 4.68 Å². The molecule has 0 atom stereocenters. The first-order valence-corrected chi connectivity index (χ1v) is 7.05. The van der Waals surface area contributed by atoms with Crippen LogP contribution in [0, 0.1) is 6.92 Å². The van der Waals surface area contributed by atoms with E-state index in [0.29, 0.717) is 0 Å². The van der Waals surface area contributed by atoms with Crippen LogP contribution in [0.25, 0.3) is 0 Å². The lowest BCUT2D eigenvalue weighted by Gasteiger charge is -2.07. The Morgan fingerprint density at radius 2 is 2.18 bits per heavy atom. The number of aryl methyl sites for hydroxylation is 2. The van der Waals surface area contributed by atoms with Gasteiger partial charge in [0.25, 0.3) is 0 Å². The van der Waals surface area contributed by atoms with Crippen LogP contribution in [0.4, 0.5) is 0 Å². The lowest BCUT2D eigenvalue weighted by atomic mass is 10.3. The van der Waals surface area contributed by atoms with Crippen LogP contribution in [0.2, 0.25) is 0 Å². The second-order valence-electron chi connectivity index (χ2n) is 3.69. The molecule has 1 heterocycles. The van der Waals surface area contributed by atoms with Gasteiger partial charge in [0.15, 0.2) is 0 Å². The summed E-state index contributed by atoms with van der Waals surface area (Å²) >= 11 is 6.88. The van der Waals surface area contributed by atoms with Crippen molar-refractivity contribution in [1.82, 2.24) is 9.78 Å². The van der Waals surface area contributed by atoms with E-state index >= 15 is 0 Å². The summed E-state index contributed by atoms with van der Waals surface area (Å²) in [5.41, 5.74) is 2.06. The number of alkyl halides is 1. The first-order valence-electron chi connectivity index (χ1n) is 5.13. The van der Waals surface area contributed by atoms with Crippen molar-refractivity contribution in [3.05, 3.63) is 40.0 Å². The third kappa shape index (κ3) is 2.72. The summed E-state index contributed by atoms with van der Waals surface area (Å²) in [5, 5.41) is 5.08. The minimum absolute atomic E-state index is 0.732. The van der Waals surface area contributed by atoms with Gasteiger partial charge in [-0.2, -0.15) is 5.10 Å². The number of nitrogens with zero attached hydrogens (tertiary/aromatic N) is 2. The fourth-order valence-corrected chi connectivity index (χ4v) is 2.63. The van der Waals surface area contributed by atoms with Crippen molar-refractivity contribution in [2.45, 2.75) is 12.3 Å². The van der Waals surface area contributed by atoms with Crippen molar-refractivity contribution in [3.8, 4) is 11.6 Å². The van der Waals surface area contributed by atoms with Crippen LogP contribution < -0.4 is 4.74 Å². The predicted molar refractivity (Wildman–Crippen MR) is 74.8 cm³/mol. The van der Waals surface area contributed by atoms with Crippen LogP contribution in [0.5, 0.6) is 11.6 Å². The average Bonchev–Trinajstić information content (AvgIpc) is 2.53. The zero-order valence-electron chi connectivity index (χ0n) is 9.58. The molecular weight excluding hydrogens is 348 g/mol. The van der Waals surface area contributed by atoms with Crippen LogP contribution >= 0.6 is 31.9 Å². The highest BCUT2D eigenvalue weighted by molar-refractivity contribution is 9.10. The number of hydrogen-bond acceptors (Lipinski definition) is 2. The van der Waals surface area contributed by atoms with E-state index in [-0.39, 0.29) is 0 Å². The number of benzene rings is 1. The molecule has 0 amide bonds. The van der Waals surface area contributed by atoms with E-state index in [9.17, 15) is 0 Å². The molecule has 0 saturated carbocycles. The monoisotopic (exact) mass is 358 g/mol. The fourth-order valence-electron chi connectivity index (χ4n) is 1.60. The number of aromatic nitrogens is 2. The Balaban J connectivity index is 2.36. The highest BCUT2D eigenvalue weighted by Gasteiger charge is 2.14. The Morgan fingerprint density at radius 1 is 1.41 bits per heavy atom. The molecule has 0 aliphatic heterocycles. The largest absolute Gasteiger partial charge is 0.439 e. The average molecular weight is 360 g/mol. The van der Waals surface area contributed by atoms with Crippen LogP contribution in [0.15, 0.2) is 28.7 Å². The van der Waals surface area contributed by atoms with Gasteiger partial charge in [0, 0.05) is 22.4 Å². The maximum absolute atomic E-state index is 5.87. The first-order chi connectivity index (χ1) is 8.11. The predicted octanol–water partition coefficient (Wildman–Crippen LogP) is 4.18. The zero-order valence-corrected chi connectivity index (χ0v) is 12.7. The molecule has 17 heavy (non-hydrogen) atoms. The standard InChI is InChI=1S/C12H12Br2N2O/c1-8-11(7-13)12(16(2)15-8)17-10-5-3-4-9(14)6-10/h3-6H,7H2,1-2H3. The number of ether oxygens (including phenoxy) is 1. The van der Waals surface area contributed by atoms with Gasteiger partial charge >= 0.3 is 0 Å². The highest BCUT2D eigenvalue weighted by Crippen LogP contribution is 2.29. The molecule has 0 radical (unpaired) electrons. The number of hydrogen-bond donors (Lipinski definition) is 0. The van der Waals surface area contributed by atoms with Gasteiger partial charge in [-0.1, -0.05) is 37.9 Å². The zero-order chi connectivity index (χ0) is 12.4. The van der Waals surface area contributed by atoms with Crippen molar-refractivity contribution >= 4 is 31.9 Å². The van der Waals surface area contributed by atoms with Crippen LogP contribution in [-0.4, -0.2) is 9.78 Å². The molecule has 0 aliphatic rings. The van der Waals surface area contributed by atoms with Crippen LogP contribution in [0.1, 0.15) is 11.3 Å². The summed E-state index contributed by atoms with van der Waals surface area (Å²) in [6, 6.07) is 7.76. The van der Waals surface area contributed by atoms with E-state index in [1.165, 1.54) is 0 Å². The van der Waals surface area contributed by atoms with Crippen molar-refractivity contribution in [3.63, 3.8) is 0 Å². The summed E-state index contributed by atoms with van der Waals surface area (Å²) in [5.74, 6) is 1.57. The molecule has 5 heteroatoms. The number of halogens is 2. The topological polar surface area (TPSA) is 27.1 Å².